The van der Waals surface area contributed by atoms with Crippen molar-refractivity contribution in [3.8, 4) is 11.5 Å². The number of hydrogen-bond acceptors (Lipinski definition) is 4. The highest BCUT2D eigenvalue weighted by atomic mass is 35.5. The maximum Gasteiger partial charge on any atom is 0.341 e. The molecule has 1 aliphatic heterocycles. The largest absolute Gasteiger partial charge is 0.488 e. The Kier molecular flexibility index (Phi) is 5.39. The van der Waals surface area contributed by atoms with E-state index in [1.807, 2.05) is 12.1 Å². The van der Waals surface area contributed by atoms with Crippen LogP contribution in [0.4, 0.5) is 0 Å². The summed E-state index contributed by atoms with van der Waals surface area (Å²) in [4.78, 5) is 22.9. The van der Waals surface area contributed by atoms with Crippen LogP contribution < -0.4 is 9.47 Å². The molecule has 2 aromatic carbocycles. The number of fused-ring (bicyclic) bond motifs is 1. The summed E-state index contributed by atoms with van der Waals surface area (Å²) in [7, 11) is 0. The second-order valence-corrected chi connectivity index (χ2v) is 6.03. The van der Waals surface area contributed by atoms with Crippen LogP contribution in [0.1, 0.15) is 15.9 Å². The molecule has 0 fully saturated rings. The average Bonchev–Trinajstić information content (AvgIpc) is 2.64. The fraction of sp³-hybridized carbons (Fsp3) is 0.100. The van der Waals surface area contributed by atoms with Crippen LogP contribution in [0, 0.1) is 0 Å². The van der Waals surface area contributed by atoms with Crippen molar-refractivity contribution in [3.05, 3.63) is 76.3 Å². The number of carbonyl (C=O) groups is 2. The second-order valence-electron chi connectivity index (χ2n) is 5.60. The Balaban J connectivity index is 1.72. The fourth-order valence-corrected chi connectivity index (χ4v) is 2.61. The summed E-state index contributed by atoms with van der Waals surface area (Å²) in [5, 5.41) is 9.25. The first-order chi connectivity index (χ1) is 12.5. The molecule has 0 atom stereocenters. The third-order valence-electron chi connectivity index (χ3n) is 3.64. The van der Waals surface area contributed by atoms with Crippen molar-refractivity contribution >= 4 is 29.4 Å². The maximum atomic E-state index is 12.3. The predicted molar refractivity (Wildman–Crippen MR) is 98.0 cm³/mol. The van der Waals surface area contributed by atoms with E-state index >= 15 is 0 Å². The number of allylic oxidation sites excluding steroid dienone is 1. The quantitative estimate of drug-likeness (QED) is 0.614. The van der Waals surface area contributed by atoms with Crippen molar-refractivity contribution in [2.75, 3.05) is 13.2 Å². The molecule has 0 bridgehead atoms. The van der Waals surface area contributed by atoms with E-state index in [9.17, 15) is 9.59 Å². The van der Waals surface area contributed by atoms with Gasteiger partial charge in [-0.05, 0) is 48.1 Å². The van der Waals surface area contributed by atoms with Crippen LogP contribution in [0.3, 0.4) is 0 Å². The molecule has 1 aliphatic rings. The van der Waals surface area contributed by atoms with Crippen LogP contribution in [0.15, 0.2) is 60.2 Å². The third kappa shape index (κ3) is 4.52. The lowest BCUT2D eigenvalue weighted by molar-refractivity contribution is -0.139. The Labute approximate surface area is 155 Å². The van der Waals surface area contributed by atoms with Gasteiger partial charge in [0.15, 0.2) is 12.4 Å². The van der Waals surface area contributed by atoms with Gasteiger partial charge in [0.2, 0.25) is 0 Å². The highest BCUT2D eigenvalue weighted by Crippen LogP contribution is 2.29. The summed E-state index contributed by atoms with van der Waals surface area (Å²) in [5.41, 5.74) is 2.11. The number of rotatable bonds is 6. The first-order valence-corrected chi connectivity index (χ1v) is 8.19. The van der Waals surface area contributed by atoms with Crippen molar-refractivity contribution in [2.24, 2.45) is 0 Å². The van der Waals surface area contributed by atoms with E-state index in [1.54, 1.807) is 36.4 Å². The first-order valence-electron chi connectivity index (χ1n) is 7.81. The predicted octanol–water partition coefficient (Wildman–Crippen LogP) is 4.02. The minimum atomic E-state index is -1.08. The Bertz CT molecular complexity index is 914. The van der Waals surface area contributed by atoms with Gasteiger partial charge < -0.3 is 14.6 Å². The molecule has 0 amide bonds. The standard InChI is InChI=1S/C20H15ClO5/c21-16-5-7-19-15(9-16)8-13(11-26-19)4-6-18(22)14-2-1-3-17(10-14)25-12-20(23)24/h1-10H,11-12H2,(H,23,24)/b6-4+. The number of benzene rings is 2. The first kappa shape index (κ1) is 17.8. The van der Waals surface area contributed by atoms with E-state index < -0.39 is 12.6 Å². The highest BCUT2D eigenvalue weighted by molar-refractivity contribution is 6.30. The van der Waals surface area contributed by atoms with Gasteiger partial charge in [0.05, 0.1) is 0 Å². The molecule has 0 saturated carbocycles. The van der Waals surface area contributed by atoms with Crippen LogP contribution in [0.25, 0.3) is 6.08 Å². The van der Waals surface area contributed by atoms with Crippen LogP contribution in [-0.4, -0.2) is 30.1 Å². The van der Waals surface area contributed by atoms with Crippen LogP contribution in [0.5, 0.6) is 11.5 Å². The number of ketones is 1. The summed E-state index contributed by atoms with van der Waals surface area (Å²) in [5.74, 6) is -0.216. The molecule has 3 rings (SSSR count). The zero-order valence-electron chi connectivity index (χ0n) is 13.6. The topological polar surface area (TPSA) is 72.8 Å². The van der Waals surface area contributed by atoms with E-state index in [0.717, 1.165) is 16.9 Å². The lowest BCUT2D eigenvalue weighted by Crippen LogP contribution is -2.09. The summed E-state index contributed by atoms with van der Waals surface area (Å²) < 4.78 is 10.7. The van der Waals surface area contributed by atoms with E-state index in [1.165, 1.54) is 12.1 Å². The Morgan fingerprint density at radius 3 is 2.88 bits per heavy atom. The van der Waals surface area contributed by atoms with Gasteiger partial charge in [-0.2, -0.15) is 0 Å². The zero-order valence-corrected chi connectivity index (χ0v) is 14.4. The summed E-state index contributed by atoms with van der Waals surface area (Å²) >= 11 is 5.99. The maximum absolute atomic E-state index is 12.3. The molecule has 0 saturated heterocycles. The van der Waals surface area contributed by atoms with Gasteiger partial charge in [-0.15, -0.1) is 0 Å². The lowest BCUT2D eigenvalue weighted by atomic mass is 10.1. The number of ether oxygens (including phenoxy) is 2. The Hall–Kier alpha value is -3.05. The molecule has 1 heterocycles. The average molecular weight is 371 g/mol. The molecule has 26 heavy (non-hydrogen) atoms. The SMILES string of the molecule is O=C(O)COc1cccc(C(=O)/C=C/C2=Cc3cc(Cl)ccc3OC2)c1. The number of hydrogen-bond donors (Lipinski definition) is 1. The van der Waals surface area contributed by atoms with E-state index in [-0.39, 0.29) is 5.78 Å². The molecule has 5 nitrogen and oxygen atoms in total. The van der Waals surface area contributed by atoms with E-state index in [4.69, 9.17) is 26.2 Å². The number of carbonyl (C=O) groups excluding carboxylic acids is 1. The second kappa shape index (κ2) is 7.89. The minimum absolute atomic E-state index is 0.219. The summed E-state index contributed by atoms with van der Waals surface area (Å²) in [6.07, 6.45) is 5.05. The van der Waals surface area contributed by atoms with E-state index in [0.29, 0.717) is 22.9 Å². The molecule has 0 aliphatic carbocycles. The molecule has 0 radical (unpaired) electrons. The third-order valence-corrected chi connectivity index (χ3v) is 3.87. The molecular weight excluding hydrogens is 356 g/mol. The van der Waals surface area contributed by atoms with Crippen LogP contribution in [0.2, 0.25) is 5.02 Å². The van der Waals surface area contributed by atoms with Gasteiger partial charge in [0.1, 0.15) is 18.1 Å². The van der Waals surface area contributed by atoms with Crippen LogP contribution >= 0.6 is 11.6 Å². The normalized spacial score (nSPS) is 12.9. The van der Waals surface area contributed by atoms with Gasteiger partial charge in [-0.3, -0.25) is 4.79 Å². The summed E-state index contributed by atoms with van der Waals surface area (Å²) in [6.45, 7) is -0.0974. The van der Waals surface area contributed by atoms with Crippen molar-refractivity contribution in [2.45, 2.75) is 0 Å². The molecule has 1 N–H and O–H groups in total. The zero-order chi connectivity index (χ0) is 18.5. The molecule has 2 aromatic rings. The van der Waals surface area contributed by atoms with Crippen molar-refractivity contribution in [3.63, 3.8) is 0 Å². The van der Waals surface area contributed by atoms with Gasteiger partial charge in [-0.1, -0.05) is 29.8 Å². The van der Waals surface area contributed by atoms with Gasteiger partial charge in [-0.25, -0.2) is 4.79 Å². The fourth-order valence-electron chi connectivity index (χ4n) is 2.43. The molecule has 0 spiro atoms. The lowest BCUT2D eigenvalue weighted by Gasteiger charge is -2.16. The number of halogens is 1. The van der Waals surface area contributed by atoms with Crippen molar-refractivity contribution in [1.29, 1.82) is 0 Å². The molecule has 6 heteroatoms. The summed E-state index contributed by atoms with van der Waals surface area (Å²) in [6, 6.07) is 11.8. The number of aliphatic carboxylic acids is 1. The van der Waals surface area contributed by atoms with Crippen molar-refractivity contribution < 1.29 is 24.2 Å². The van der Waals surface area contributed by atoms with Crippen molar-refractivity contribution in [1.82, 2.24) is 0 Å². The van der Waals surface area contributed by atoms with Crippen LogP contribution in [-0.2, 0) is 4.79 Å². The highest BCUT2D eigenvalue weighted by Gasteiger charge is 2.11. The Morgan fingerprint density at radius 2 is 2.08 bits per heavy atom. The molecule has 0 aromatic heterocycles. The molecule has 0 unspecified atom stereocenters. The molecule has 132 valence electrons. The molecular formula is C20H15ClO5. The number of carboxylic acids is 1. The Morgan fingerprint density at radius 1 is 1.23 bits per heavy atom. The monoisotopic (exact) mass is 370 g/mol. The van der Waals surface area contributed by atoms with Gasteiger partial charge in [0.25, 0.3) is 0 Å². The van der Waals surface area contributed by atoms with Gasteiger partial charge >= 0.3 is 5.97 Å². The number of carboxylic acid groups (broad SMARTS) is 1. The minimum Gasteiger partial charge on any atom is -0.488 e. The van der Waals surface area contributed by atoms with E-state index in [2.05, 4.69) is 0 Å². The van der Waals surface area contributed by atoms with Gasteiger partial charge in [0, 0.05) is 16.1 Å². The smallest absolute Gasteiger partial charge is 0.341 e.